The molecule has 37 heavy (non-hydrogen) atoms. The highest BCUT2D eigenvalue weighted by molar-refractivity contribution is 7.51. The Morgan fingerprint density at radius 1 is 0.811 bits per heavy atom. The number of nitrogens with zero attached hydrogens (tertiary/aromatic N) is 1. The van der Waals surface area contributed by atoms with E-state index in [-0.39, 0.29) is 19.4 Å². The minimum Gasteiger partial charge on any atom is -0.778 e. The van der Waals surface area contributed by atoms with Crippen LogP contribution in [0.1, 0.15) is 117 Å². The first-order valence-electron chi connectivity index (χ1n) is 14.9. The summed E-state index contributed by atoms with van der Waals surface area (Å²) in [7, 11) is 2.28. The second-order valence-corrected chi connectivity index (χ2v) is 13.8. The van der Waals surface area contributed by atoms with Crippen molar-refractivity contribution in [2.75, 3.05) is 53.7 Å². The van der Waals surface area contributed by atoms with Gasteiger partial charge in [-0.2, -0.15) is 0 Å². The second kappa shape index (κ2) is 22.4. The molecule has 7 nitrogen and oxygen atoms in total. The monoisotopic (exact) mass is 549 g/mol. The van der Waals surface area contributed by atoms with Gasteiger partial charge in [-0.1, -0.05) is 90.9 Å². The average Bonchev–Trinajstić information content (AvgIpc) is 2.80. The van der Waals surface area contributed by atoms with Crippen molar-refractivity contribution >= 4 is 13.6 Å². The highest BCUT2D eigenvalue weighted by Gasteiger charge is 2.18. The molecular weight excluding hydrogens is 489 g/mol. The fourth-order valence-corrected chi connectivity index (χ4v) is 5.45. The maximum atomic E-state index is 12.2. The molecule has 0 aromatic heterocycles. The van der Waals surface area contributed by atoms with Crippen LogP contribution in [-0.4, -0.2) is 70.2 Å². The van der Waals surface area contributed by atoms with E-state index in [1.807, 2.05) is 0 Å². The van der Waals surface area contributed by atoms with Gasteiger partial charge in [0, 0.05) is 19.7 Å². The molecule has 0 spiro atoms. The van der Waals surface area contributed by atoms with Gasteiger partial charge in [-0.3, -0.25) is 4.79 Å². The van der Waals surface area contributed by atoms with Gasteiger partial charge in [0.25, 0.3) is 0 Å². The van der Waals surface area contributed by atoms with Crippen LogP contribution in [0, 0.1) is 5.92 Å². The molecule has 3 atom stereocenters. The number of unbranched alkanes of at least 4 members (excludes halogenated alkanes) is 12. The molecule has 0 radical (unpaired) electrons. The van der Waals surface area contributed by atoms with Crippen LogP contribution in [0.25, 0.3) is 0 Å². The summed E-state index contributed by atoms with van der Waals surface area (Å²) in [5.41, 5.74) is 0. The zero-order valence-electron chi connectivity index (χ0n) is 25.1. The van der Waals surface area contributed by atoms with Gasteiger partial charge in [0.15, 0.2) is 0 Å². The zero-order chi connectivity index (χ0) is 28.0. The lowest BCUT2D eigenvalue weighted by Crippen LogP contribution is -2.35. The molecule has 0 bridgehead atoms. The Kier molecular flexibility index (Phi) is 22.1. The van der Waals surface area contributed by atoms with Gasteiger partial charge in [0.2, 0.25) is 0 Å². The maximum Gasteiger partial charge on any atom is 0.303 e. The molecule has 0 aliphatic heterocycles. The third kappa shape index (κ3) is 26.9. The van der Waals surface area contributed by atoms with Crippen molar-refractivity contribution < 1.29 is 32.7 Å². The first kappa shape index (κ1) is 36.5. The van der Waals surface area contributed by atoms with E-state index in [4.69, 9.17) is 14.0 Å². The summed E-state index contributed by atoms with van der Waals surface area (Å²) in [6.07, 6.45) is 17.9. The number of carbonyl (C=O) groups is 1. The van der Waals surface area contributed by atoms with E-state index >= 15 is 0 Å². The number of ether oxygens (including phenoxy) is 2. The van der Waals surface area contributed by atoms with Gasteiger partial charge < -0.3 is 27.9 Å². The van der Waals surface area contributed by atoms with E-state index in [9.17, 15) is 14.3 Å². The molecule has 0 rings (SSSR count). The van der Waals surface area contributed by atoms with Crippen LogP contribution in [0.2, 0.25) is 0 Å². The number of esters is 1. The van der Waals surface area contributed by atoms with Gasteiger partial charge in [0.05, 0.1) is 40.9 Å². The molecule has 0 N–H and O–H groups in total. The zero-order valence-corrected chi connectivity index (χ0v) is 26.0. The summed E-state index contributed by atoms with van der Waals surface area (Å²) >= 11 is 0. The van der Waals surface area contributed by atoms with Crippen LogP contribution in [0.4, 0.5) is 0 Å². The number of carbonyl (C=O) groups excluding carboxylic acids is 1. The van der Waals surface area contributed by atoms with E-state index in [1.165, 1.54) is 84.0 Å². The largest absolute Gasteiger partial charge is 0.778 e. The van der Waals surface area contributed by atoms with Gasteiger partial charge in [-0.05, 0) is 25.2 Å². The molecule has 0 fully saturated rings. The fraction of sp³-hybridized carbons (Fsp3) is 0.966. The summed E-state index contributed by atoms with van der Waals surface area (Å²) in [5.74, 6) is -0.0562. The van der Waals surface area contributed by atoms with Crippen LogP contribution < -0.4 is 4.89 Å². The predicted octanol–water partition coefficient (Wildman–Crippen LogP) is 6.72. The Bertz CT molecular complexity index is 595. The van der Waals surface area contributed by atoms with E-state index < -0.39 is 19.7 Å². The molecule has 0 saturated carbocycles. The molecule has 0 heterocycles. The third-order valence-electron chi connectivity index (χ3n) is 6.56. The molecule has 0 aliphatic carbocycles. The topological polar surface area (TPSA) is 84.9 Å². The van der Waals surface area contributed by atoms with E-state index in [0.717, 1.165) is 23.9 Å². The van der Waals surface area contributed by atoms with Crippen LogP contribution in [0.15, 0.2) is 0 Å². The van der Waals surface area contributed by atoms with Crippen molar-refractivity contribution in [3.63, 3.8) is 0 Å². The lowest BCUT2D eigenvalue weighted by atomic mass is 10.0. The molecule has 0 saturated heterocycles. The first-order valence-corrected chi connectivity index (χ1v) is 16.7. The smallest absolute Gasteiger partial charge is 0.303 e. The van der Waals surface area contributed by atoms with Gasteiger partial charge in [0.1, 0.15) is 13.7 Å². The predicted molar refractivity (Wildman–Crippen MR) is 152 cm³/mol. The molecular formula is C29H60NO6P. The summed E-state index contributed by atoms with van der Waals surface area (Å²) in [6, 6.07) is 0. The molecule has 8 heteroatoms. The van der Waals surface area contributed by atoms with Crippen LogP contribution in [0.5, 0.6) is 0 Å². The van der Waals surface area contributed by atoms with Crippen molar-refractivity contribution in [2.24, 2.45) is 5.92 Å². The van der Waals surface area contributed by atoms with Crippen molar-refractivity contribution in [3.05, 3.63) is 0 Å². The number of quaternary nitrogens is 1. The number of rotatable bonds is 26. The Balaban J connectivity index is 3.94. The highest BCUT2D eigenvalue weighted by Crippen LogP contribution is 2.38. The SMILES string of the molecule is CCCCCCCCCCCCCCC(C)COCC(COP(=O)([O-])CCCC[N+](C)(C)C)OC(C)=O. The van der Waals surface area contributed by atoms with E-state index in [0.29, 0.717) is 18.9 Å². The van der Waals surface area contributed by atoms with Gasteiger partial charge >= 0.3 is 5.97 Å². The number of hydrogen-bond donors (Lipinski definition) is 0. The van der Waals surface area contributed by atoms with Gasteiger partial charge in [-0.25, -0.2) is 0 Å². The fourth-order valence-electron chi connectivity index (χ4n) is 4.32. The van der Waals surface area contributed by atoms with E-state index in [1.54, 1.807) is 0 Å². The molecule has 0 aromatic rings. The Morgan fingerprint density at radius 2 is 1.35 bits per heavy atom. The third-order valence-corrected chi connectivity index (χ3v) is 7.96. The summed E-state index contributed by atoms with van der Waals surface area (Å²) in [5, 5.41) is 0. The minimum atomic E-state index is -3.96. The average molecular weight is 550 g/mol. The molecule has 3 unspecified atom stereocenters. The lowest BCUT2D eigenvalue weighted by Gasteiger charge is -2.27. The highest BCUT2D eigenvalue weighted by atomic mass is 31.2. The van der Waals surface area contributed by atoms with Crippen molar-refractivity contribution in [3.8, 4) is 0 Å². The summed E-state index contributed by atoms with van der Waals surface area (Å²) < 4.78 is 29.2. The van der Waals surface area contributed by atoms with Crippen molar-refractivity contribution in [1.29, 1.82) is 0 Å². The molecule has 0 amide bonds. The van der Waals surface area contributed by atoms with Crippen LogP contribution in [-0.2, 0) is 23.4 Å². The standard InChI is InChI=1S/C29H60NO6P/c1-7-8-9-10-11-12-13-14-15-16-17-18-21-27(2)24-34-25-29(36-28(3)31)26-35-37(32,33)23-20-19-22-30(4,5)6/h27,29H,7-26H2,1-6H3. The quantitative estimate of drug-likeness (QED) is 0.0515. The Labute approximate surface area is 229 Å². The van der Waals surface area contributed by atoms with Crippen LogP contribution in [0.3, 0.4) is 0 Å². The van der Waals surface area contributed by atoms with E-state index in [2.05, 4.69) is 35.0 Å². The van der Waals surface area contributed by atoms with Crippen LogP contribution >= 0.6 is 7.60 Å². The Hall–Kier alpha value is -0.460. The lowest BCUT2D eigenvalue weighted by molar-refractivity contribution is -0.870. The first-order chi connectivity index (χ1) is 17.4. The molecule has 0 aromatic carbocycles. The second-order valence-electron chi connectivity index (χ2n) is 11.9. The van der Waals surface area contributed by atoms with Gasteiger partial charge in [-0.15, -0.1) is 0 Å². The van der Waals surface area contributed by atoms with Crippen molar-refractivity contribution in [2.45, 2.75) is 123 Å². The summed E-state index contributed by atoms with van der Waals surface area (Å²) in [4.78, 5) is 23.7. The Morgan fingerprint density at radius 3 is 1.86 bits per heavy atom. The summed E-state index contributed by atoms with van der Waals surface area (Å²) in [6.45, 7) is 7.16. The maximum absolute atomic E-state index is 12.2. The minimum absolute atomic E-state index is 0.00324. The van der Waals surface area contributed by atoms with Crippen molar-refractivity contribution in [1.82, 2.24) is 0 Å². The molecule has 0 aliphatic rings. The molecule has 222 valence electrons. The number of hydrogen-bond acceptors (Lipinski definition) is 6. The normalized spacial score (nSPS) is 15.3.